The molecule has 6 rings (SSSR count). The van der Waals surface area contributed by atoms with Crippen molar-refractivity contribution in [3.05, 3.63) is 66.8 Å². The van der Waals surface area contributed by atoms with Crippen LogP contribution in [0.4, 0.5) is 5.82 Å². The summed E-state index contributed by atoms with van der Waals surface area (Å²) >= 11 is 0. The Morgan fingerprint density at radius 1 is 1.19 bits per heavy atom. The van der Waals surface area contributed by atoms with Crippen molar-refractivity contribution in [2.75, 3.05) is 26.0 Å². The van der Waals surface area contributed by atoms with Crippen molar-refractivity contribution >= 4 is 33.7 Å². The van der Waals surface area contributed by atoms with Crippen LogP contribution < -0.4 is 5.73 Å². The lowest BCUT2D eigenvalue weighted by atomic mass is 10.1. The van der Waals surface area contributed by atoms with Gasteiger partial charge in [0.2, 0.25) is 5.91 Å². The molecule has 182 valence electrons. The summed E-state index contributed by atoms with van der Waals surface area (Å²) in [5, 5.41) is 0.834. The van der Waals surface area contributed by atoms with Gasteiger partial charge in [0.1, 0.15) is 5.82 Å². The van der Waals surface area contributed by atoms with E-state index in [0.29, 0.717) is 25.0 Å². The van der Waals surface area contributed by atoms with E-state index in [1.165, 1.54) is 18.9 Å². The summed E-state index contributed by atoms with van der Waals surface area (Å²) in [6, 6.07) is 8.77. The number of aromatic nitrogens is 4. The number of hydrogen-bond donors (Lipinski definition) is 1. The predicted molar refractivity (Wildman–Crippen MR) is 139 cm³/mol. The molecule has 4 heterocycles. The number of imidazole rings is 1. The molecule has 2 fully saturated rings. The number of carbonyl (C=O) groups is 1. The van der Waals surface area contributed by atoms with Gasteiger partial charge in [-0.3, -0.25) is 4.79 Å². The van der Waals surface area contributed by atoms with Crippen LogP contribution >= 0.6 is 0 Å². The summed E-state index contributed by atoms with van der Waals surface area (Å²) in [6.45, 7) is 4.70. The highest BCUT2D eigenvalue weighted by atomic mass is 16.5. The maximum Gasteiger partial charge on any atom is 0.246 e. The normalized spacial score (nSPS) is 19.5. The quantitative estimate of drug-likeness (QED) is 0.348. The Morgan fingerprint density at radius 2 is 2.06 bits per heavy atom. The molecule has 1 amide bonds. The average molecular weight is 481 g/mol. The van der Waals surface area contributed by atoms with Gasteiger partial charge >= 0.3 is 0 Å². The minimum absolute atomic E-state index is 0.0150. The van der Waals surface area contributed by atoms with Gasteiger partial charge in [0.15, 0.2) is 0 Å². The second-order valence-electron chi connectivity index (χ2n) is 9.57. The molecule has 8 nitrogen and oxygen atoms in total. The number of ether oxygens (including phenoxy) is 1. The molecule has 3 aromatic heterocycles. The van der Waals surface area contributed by atoms with Gasteiger partial charge in [-0.2, -0.15) is 0 Å². The first kappa shape index (κ1) is 22.4. The number of pyridine rings is 1. The molecule has 8 heteroatoms. The van der Waals surface area contributed by atoms with Crippen LogP contribution in [0.25, 0.3) is 21.9 Å². The van der Waals surface area contributed by atoms with E-state index in [4.69, 9.17) is 10.5 Å². The molecular weight excluding hydrogens is 452 g/mol. The van der Waals surface area contributed by atoms with E-state index in [9.17, 15) is 4.79 Å². The topological polar surface area (TPSA) is 91.2 Å². The molecule has 2 atom stereocenters. The highest BCUT2D eigenvalue weighted by molar-refractivity contribution is 5.95. The zero-order chi connectivity index (χ0) is 24.8. The number of anilines is 1. The third kappa shape index (κ3) is 3.82. The number of likely N-dealkylation sites (tertiary alicyclic amines) is 1. The number of nitrogens with zero attached hydrogens (tertiary/aromatic N) is 5. The van der Waals surface area contributed by atoms with Gasteiger partial charge in [-0.05, 0) is 49.6 Å². The molecular formula is C28H28N6O2. The lowest BCUT2D eigenvalue weighted by Gasteiger charge is -2.22. The monoisotopic (exact) mass is 480 g/mol. The van der Waals surface area contributed by atoms with Crippen molar-refractivity contribution in [2.45, 2.75) is 37.4 Å². The fraction of sp³-hybridized carbons (Fsp3) is 0.321. The molecule has 1 unspecified atom stereocenters. The molecule has 4 aromatic rings. The Bertz CT molecular complexity index is 1550. The molecule has 0 spiro atoms. The van der Waals surface area contributed by atoms with Crippen LogP contribution in [0.15, 0.2) is 55.6 Å². The molecule has 1 saturated heterocycles. The number of nitrogen functional groups attached to an aromatic ring is 1. The van der Waals surface area contributed by atoms with Crippen molar-refractivity contribution < 1.29 is 9.53 Å². The van der Waals surface area contributed by atoms with E-state index in [0.717, 1.165) is 39.5 Å². The van der Waals surface area contributed by atoms with Crippen molar-refractivity contribution in [1.29, 1.82) is 0 Å². The number of nitrogens with two attached hydrogens (primary N) is 1. The molecule has 1 aromatic carbocycles. The Kier molecular flexibility index (Phi) is 5.50. The molecule has 0 bridgehead atoms. The fourth-order valence-corrected chi connectivity index (χ4v) is 5.35. The van der Waals surface area contributed by atoms with E-state index in [2.05, 4.69) is 43.6 Å². The minimum atomic E-state index is -0.0864. The number of fused-ring (bicyclic) bond motifs is 2. The van der Waals surface area contributed by atoms with Crippen molar-refractivity contribution in [3.8, 4) is 11.8 Å². The third-order valence-corrected chi connectivity index (χ3v) is 7.23. The van der Waals surface area contributed by atoms with Crippen molar-refractivity contribution in [1.82, 2.24) is 24.0 Å². The van der Waals surface area contributed by atoms with Gasteiger partial charge in [0.25, 0.3) is 0 Å². The molecule has 0 radical (unpaired) electrons. The number of carbonyl (C=O) groups excluding carboxylic acids is 1. The first-order chi connectivity index (χ1) is 17.6. The summed E-state index contributed by atoms with van der Waals surface area (Å²) in [6.07, 6.45) is 10.3. The second-order valence-corrected chi connectivity index (χ2v) is 9.57. The molecule has 1 aliphatic heterocycles. The first-order valence-corrected chi connectivity index (χ1v) is 12.2. The number of hydrogen-bond acceptors (Lipinski definition) is 5. The SMILES string of the molecule is C=CC(=O)N1CC(n2cc(C#Cc3ccc4c(c3)ncn4C3CC3)c3c(N)nccc32)C[C@@H]1COC. The Hall–Kier alpha value is -4.09. The van der Waals surface area contributed by atoms with Gasteiger partial charge in [-0.1, -0.05) is 18.4 Å². The van der Waals surface area contributed by atoms with Crippen LogP contribution in [0, 0.1) is 11.8 Å². The van der Waals surface area contributed by atoms with Crippen molar-refractivity contribution in [3.63, 3.8) is 0 Å². The van der Waals surface area contributed by atoms with E-state index >= 15 is 0 Å². The van der Waals surface area contributed by atoms with Crippen molar-refractivity contribution in [2.24, 2.45) is 0 Å². The van der Waals surface area contributed by atoms with E-state index in [1.807, 2.05) is 35.6 Å². The fourth-order valence-electron chi connectivity index (χ4n) is 5.35. The Labute approximate surface area is 209 Å². The number of rotatable bonds is 5. The zero-order valence-corrected chi connectivity index (χ0v) is 20.2. The third-order valence-electron chi connectivity index (χ3n) is 7.23. The van der Waals surface area contributed by atoms with Crippen LogP contribution in [-0.4, -0.2) is 56.2 Å². The van der Waals surface area contributed by atoms with Crippen LogP contribution in [-0.2, 0) is 9.53 Å². The molecule has 2 aliphatic rings. The van der Waals surface area contributed by atoms with Gasteiger partial charge < -0.3 is 24.5 Å². The van der Waals surface area contributed by atoms with E-state index in [1.54, 1.807) is 13.3 Å². The summed E-state index contributed by atoms with van der Waals surface area (Å²) in [5.41, 5.74) is 11.1. The van der Waals surface area contributed by atoms with Gasteiger partial charge in [0, 0.05) is 37.7 Å². The Balaban J connectivity index is 1.36. The molecule has 36 heavy (non-hydrogen) atoms. The lowest BCUT2D eigenvalue weighted by molar-refractivity contribution is -0.127. The van der Waals surface area contributed by atoms with E-state index in [-0.39, 0.29) is 18.0 Å². The van der Waals surface area contributed by atoms with E-state index < -0.39 is 0 Å². The number of amides is 1. The zero-order valence-electron chi connectivity index (χ0n) is 20.2. The number of methoxy groups -OCH3 is 1. The predicted octanol–water partition coefficient (Wildman–Crippen LogP) is 3.68. The van der Waals surface area contributed by atoms with Gasteiger partial charge in [0.05, 0.1) is 52.5 Å². The highest BCUT2D eigenvalue weighted by Crippen LogP contribution is 2.37. The van der Waals surface area contributed by atoms with Crippen LogP contribution in [0.1, 0.15) is 42.5 Å². The summed E-state index contributed by atoms with van der Waals surface area (Å²) in [7, 11) is 1.66. The van der Waals surface area contributed by atoms with Crippen LogP contribution in [0.3, 0.4) is 0 Å². The average Bonchev–Trinajstić information content (AvgIpc) is 3.33. The lowest BCUT2D eigenvalue weighted by Crippen LogP contribution is -2.37. The van der Waals surface area contributed by atoms with Crippen LogP contribution in [0.2, 0.25) is 0 Å². The van der Waals surface area contributed by atoms with Crippen LogP contribution in [0.5, 0.6) is 0 Å². The largest absolute Gasteiger partial charge is 0.383 e. The first-order valence-electron chi connectivity index (χ1n) is 12.2. The Morgan fingerprint density at radius 3 is 2.83 bits per heavy atom. The standard InChI is InChI=1S/C28H28N6O2/c1-3-26(35)33-15-21(13-22(33)16-36-2)32-14-19(27-25(32)10-11-30-28(27)29)6-4-18-5-9-24-23(12-18)31-17-34(24)20-7-8-20/h3,5,9-12,14,17,20-22H,1,7-8,13,15-16H2,2H3,(H2,29,30)/t21?,22-/m1/s1. The summed E-state index contributed by atoms with van der Waals surface area (Å²) < 4.78 is 9.82. The number of benzene rings is 1. The maximum absolute atomic E-state index is 12.5. The highest BCUT2D eigenvalue weighted by Gasteiger charge is 2.36. The summed E-state index contributed by atoms with van der Waals surface area (Å²) in [5.74, 6) is 6.99. The minimum Gasteiger partial charge on any atom is -0.383 e. The summed E-state index contributed by atoms with van der Waals surface area (Å²) in [4.78, 5) is 23.2. The molecule has 1 aliphatic carbocycles. The van der Waals surface area contributed by atoms with Gasteiger partial charge in [-0.15, -0.1) is 0 Å². The molecule has 1 saturated carbocycles. The van der Waals surface area contributed by atoms with Gasteiger partial charge in [-0.25, -0.2) is 9.97 Å². The second kappa shape index (κ2) is 8.85. The molecule has 2 N–H and O–H groups in total. The smallest absolute Gasteiger partial charge is 0.246 e. The maximum atomic E-state index is 12.5.